The predicted molar refractivity (Wildman–Crippen MR) is 62.5 cm³/mol. The van der Waals surface area contributed by atoms with E-state index in [1.165, 1.54) is 7.11 Å². The van der Waals surface area contributed by atoms with Crippen LogP contribution in [0.2, 0.25) is 0 Å². The molecular weight excluding hydrogens is 301 g/mol. The lowest BCUT2D eigenvalue weighted by Crippen LogP contribution is -2.41. The monoisotopic (exact) mass is 312 g/mol. The number of carboxylic acid groups (broad SMARTS) is 1. The molecule has 1 atom stereocenters. The zero-order chi connectivity index (χ0) is 15.3. The molecule has 0 aliphatic rings. The van der Waals surface area contributed by atoms with Crippen molar-refractivity contribution in [3.8, 4) is 0 Å². The molecule has 0 bridgehead atoms. The molecule has 1 rings (SSSR count). The Hall–Kier alpha value is -1.68. The van der Waals surface area contributed by atoms with Gasteiger partial charge >= 0.3 is 12.1 Å². The lowest BCUT2D eigenvalue weighted by Gasteiger charge is -2.12. The molecule has 6 nitrogen and oxygen atoms in total. The minimum absolute atomic E-state index is 0.00611. The van der Waals surface area contributed by atoms with Crippen LogP contribution < -0.4 is 5.32 Å². The summed E-state index contributed by atoms with van der Waals surface area (Å²) in [4.78, 5) is 25.6. The van der Waals surface area contributed by atoms with Crippen LogP contribution in [0.3, 0.4) is 0 Å². The van der Waals surface area contributed by atoms with E-state index in [1.54, 1.807) is 0 Å². The molecule has 1 heterocycles. The third-order valence-electron chi connectivity index (χ3n) is 2.19. The summed E-state index contributed by atoms with van der Waals surface area (Å²) in [6, 6.07) is -1.25. The van der Waals surface area contributed by atoms with Crippen molar-refractivity contribution in [2.45, 2.75) is 18.6 Å². The smallest absolute Gasteiger partial charge is 0.443 e. The molecular formula is C10H11F3N2O4S. The fraction of sp³-hybridized carbons (Fsp3) is 0.500. The van der Waals surface area contributed by atoms with Gasteiger partial charge < -0.3 is 15.2 Å². The van der Waals surface area contributed by atoms with Gasteiger partial charge in [-0.25, -0.2) is 9.78 Å². The number of hydrogen-bond acceptors (Lipinski definition) is 5. The number of hydrogen-bond donors (Lipinski definition) is 2. The van der Waals surface area contributed by atoms with Crippen LogP contribution in [0.5, 0.6) is 0 Å². The van der Waals surface area contributed by atoms with Gasteiger partial charge in [0.1, 0.15) is 11.7 Å². The number of carbonyl (C=O) groups is 2. The molecule has 2 N–H and O–H groups in total. The van der Waals surface area contributed by atoms with E-state index in [1.807, 2.05) is 0 Å². The summed E-state index contributed by atoms with van der Waals surface area (Å²) in [5, 5.41) is 10.7. The molecule has 1 amide bonds. The first-order valence-corrected chi connectivity index (χ1v) is 6.19. The number of thiazole rings is 1. The van der Waals surface area contributed by atoms with Gasteiger partial charge in [0.05, 0.1) is 0 Å². The maximum absolute atomic E-state index is 12.3. The van der Waals surface area contributed by atoms with Crippen molar-refractivity contribution in [2.75, 3.05) is 13.7 Å². The van der Waals surface area contributed by atoms with E-state index < -0.39 is 34.8 Å². The van der Waals surface area contributed by atoms with Crippen molar-refractivity contribution in [3.63, 3.8) is 0 Å². The van der Waals surface area contributed by atoms with E-state index in [0.717, 1.165) is 5.38 Å². The third-order valence-corrected chi connectivity index (χ3v) is 3.08. The zero-order valence-electron chi connectivity index (χ0n) is 10.2. The number of ether oxygens (including phenoxy) is 1. The molecule has 112 valence electrons. The molecule has 0 aliphatic carbocycles. The number of aliphatic carboxylic acids is 1. The average molecular weight is 312 g/mol. The number of nitrogens with one attached hydrogen (secondary N) is 1. The van der Waals surface area contributed by atoms with Gasteiger partial charge in [-0.05, 0) is 0 Å². The number of alkyl halides is 3. The average Bonchev–Trinajstić information content (AvgIpc) is 2.83. The quantitative estimate of drug-likeness (QED) is 0.828. The fourth-order valence-electron chi connectivity index (χ4n) is 1.23. The Morgan fingerprint density at radius 1 is 1.55 bits per heavy atom. The number of methoxy groups -OCH3 is 1. The van der Waals surface area contributed by atoms with Crippen LogP contribution in [0.15, 0.2) is 5.38 Å². The van der Waals surface area contributed by atoms with Crippen molar-refractivity contribution in [3.05, 3.63) is 16.1 Å². The van der Waals surface area contributed by atoms with E-state index >= 15 is 0 Å². The van der Waals surface area contributed by atoms with E-state index in [9.17, 15) is 22.8 Å². The summed E-state index contributed by atoms with van der Waals surface area (Å²) in [6.45, 7) is 0.0854. The van der Waals surface area contributed by atoms with E-state index in [4.69, 9.17) is 5.11 Å². The highest BCUT2D eigenvalue weighted by atomic mass is 32.1. The summed E-state index contributed by atoms with van der Waals surface area (Å²) in [6.07, 6.45) is -4.64. The van der Waals surface area contributed by atoms with Gasteiger partial charge in [-0.3, -0.25) is 4.79 Å². The number of amides is 1. The van der Waals surface area contributed by atoms with Crippen LogP contribution in [0.1, 0.15) is 21.9 Å². The van der Waals surface area contributed by atoms with Crippen LogP contribution in [-0.2, 0) is 15.7 Å². The minimum Gasteiger partial charge on any atom is -0.480 e. The second kappa shape index (κ2) is 6.66. The third kappa shape index (κ3) is 4.46. The highest BCUT2D eigenvalue weighted by Crippen LogP contribution is 2.31. The molecule has 0 fully saturated rings. The maximum atomic E-state index is 12.3. The number of rotatable bonds is 6. The molecule has 0 radical (unpaired) electrons. The first-order chi connectivity index (χ1) is 9.25. The fourth-order valence-corrected chi connectivity index (χ4v) is 1.90. The van der Waals surface area contributed by atoms with Gasteiger partial charge in [0.2, 0.25) is 0 Å². The molecule has 0 spiro atoms. The predicted octanol–water partition coefficient (Wildman–Crippen LogP) is 1.38. The molecule has 1 aromatic heterocycles. The number of nitrogens with zero attached hydrogens (tertiary/aromatic N) is 1. The van der Waals surface area contributed by atoms with Gasteiger partial charge in [-0.15, -0.1) is 11.3 Å². The summed E-state index contributed by atoms with van der Waals surface area (Å²) in [5.41, 5.74) is -0.467. The maximum Gasteiger partial charge on any atom is 0.443 e. The van der Waals surface area contributed by atoms with E-state index in [0.29, 0.717) is 0 Å². The Morgan fingerprint density at radius 2 is 2.20 bits per heavy atom. The van der Waals surface area contributed by atoms with E-state index in [-0.39, 0.29) is 24.4 Å². The van der Waals surface area contributed by atoms with Crippen LogP contribution in [0.25, 0.3) is 0 Å². The molecule has 0 saturated heterocycles. The van der Waals surface area contributed by atoms with Crippen molar-refractivity contribution in [2.24, 2.45) is 0 Å². The highest BCUT2D eigenvalue weighted by molar-refractivity contribution is 7.09. The Labute approximate surface area is 115 Å². The first-order valence-electron chi connectivity index (χ1n) is 5.31. The normalized spacial score (nSPS) is 13.0. The largest absolute Gasteiger partial charge is 0.480 e. The molecule has 0 aromatic carbocycles. The van der Waals surface area contributed by atoms with Gasteiger partial charge in [0.25, 0.3) is 5.91 Å². The van der Waals surface area contributed by atoms with Crippen LogP contribution >= 0.6 is 11.3 Å². The standard InChI is InChI=1S/C10H11F3N2O4S/c1-19-3-2-5(8(17)18)14-7(16)6-4-20-9(15-6)10(11,12)13/h4-5H,2-3H2,1H3,(H,14,16)(H,17,18). The Balaban J connectivity index is 2.74. The van der Waals surface area contributed by atoms with Crippen LogP contribution in [0.4, 0.5) is 13.2 Å². The van der Waals surface area contributed by atoms with Crippen molar-refractivity contribution in [1.82, 2.24) is 10.3 Å². The topological polar surface area (TPSA) is 88.5 Å². The number of aromatic nitrogens is 1. The highest BCUT2D eigenvalue weighted by Gasteiger charge is 2.35. The SMILES string of the molecule is COCCC(NC(=O)c1csc(C(F)(F)F)n1)C(=O)O. The zero-order valence-corrected chi connectivity index (χ0v) is 11.0. The number of carbonyl (C=O) groups excluding carboxylic acids is 1. The Kier molecular flexibility index (Phi) is 5.45. The Bertz CT molecular complexity index is 489. The summed E-state index contributed by atoms with van der Waals surface area (Å²) < 4.78 is 41.7. The van der Waals surface area contributed by atoms with Gasteiger partial charge in [-0.2, -0.15) is 13.2 Å². The van der Waals surface area contributed by atoms with E-state index in [2.05, 4.69) is 15.0 Å². The minimum atomic E-state index is -4.63. The second-order valence-electron chi connectivity index (χ2n) is 3.68. The summed E-state index contributed by atoms with van der Waals surface area (Å²) in [5.74, 6) is -2.28. The van der Waals surface area contributed by atoms with Crippen LogP contribution in [0, 0.1) is 0 Å². The number of carboxylic acids is 1. The lowest BCUT2D eigenvalue weighted by molar-refractivity contribution is -0.140. The second-order valence-corrected chi connectivity index (χ2v) is 4.54. The Morgan fingerprint density at radius 3 is 2.65 bits per heavy atom. The van der Waals surface area contributed by atoms with Crippen molar-refractivity contribution >= 4 is 23.2 Å². The van der Waals surface area contributed by atoms with Gasteiger partial charge in [-0.1, -0.05) is 0 Å². The van der Waals surface area contributed by atoms with Gasteiger partial charge in [0, 0.05) is 25.5 Å². The first kappa shape index (κ1) is 16.4. The molecule has 10 heteroatoms. The number of halogens is 3. The lowest BCUT2D eigenvalue weighted by atomic mass is 10.2. The van der Waals surface area contributed by atoms with Crippen LogP contribution in [-0.4, -0.2) is 41.7 Å². The molecule has 1 unspecified atom stereocenters. The van der Waals surface area contributed by atoms with Gasteiger partial charge in [0.15, 0.2) is 5.01 Å². The molecule has 1 aromatic rings. The molecule has 0 aliphatic heterocycles. The van der Waals surface area contributed by atoms with Crippen molar-refractivity contribution in [1.29, 1.82) is 0 Å². The summed E-state index contributed by atoms with van der Waals surface area (Å²) >= 11 is 0.269. The molecule has 20 heavy (non-hydrogen) atoms. The molecule has 0 saturated carbocycles. The van der Waals surface area contributed by atoms with Crippen molar-refractivity contribution < 1.29 is 32.6 Å². The summed E-state index contributed by atoms with van der Waals surface area (Å²) in [7, 11) is 1.36.